The van der Waals surface area contributed by atoms with Crippen molar-refractivity contribution < 1.29 is 0 Å². The Kier molecular flexibility index (Phi) is 1.69. The molecule has 0 spiro atoms. The second-order valence-corrected chi connectivity index (χ2v) is 3.78. The molecule has 0 radical (unpaired) electrons. The first kappa shape index (κ1) is 7.81. The van der Waals surface area contributed by atoms with E-state index in [1.807, 2.05) is 0 Å². The molecule has 12 heavy (non-hydrogen) atoms. The van der Waals surface area contributed by atoms with Crippen LogP contribution in [0.1, 0.15) is 34.7 Å². The average Bonchev–Trinajstić information content (AvgIpc) is 2.35. The van der Waals surface area contributed by atoms with E-state index >= 15 is 0 Å². The molecular weight excluding hydrogens is 146 g/mol. The first-order chi connectivity index (χ1) is 5.68. The third-order valence-corrected chi connectivity index (χ3v) is 2.88. The van der Waals surface area contributed by atoms with E-state index in [1.165, 1.54) is 22.3 Å². The van der Waals surface area contributed by atoms with Crippen molar-refractivity contribution in [1.82, 2.24) is 0 Å². The van der Waals surface area contributed by atoms with E-state index in [4.69, 9.17) is 5.73 Å². The number of rotatable bonds is 0. The number of aryl methyl sites for hydroxylation is 3. The van der Waals surface area contributed by atoms with Gasteiger partial charge >= 0.3 is 0 Å². The van der Waals surface area contributed by atoms with E-state index in [1.54, 1.807) is 0 Å². The van der Waals surface area contributed by atoms with Crippen molar-refractivity contribution in [2.75, 3.05) is 0 Å². The molecule has 1 aliphatic carbocycles. The quantitative estimate of drug-likeness (QED) is 0.620. The molecule has 0 saturated carbocycles. The lowest BCUT2D eigenvalue weighted by Crippen LogP contribution is -2.05. The van der Waals surface area contributed by atoms with Crippen LogP contribution in [0.2, 0.25) is 0 Å². The van der Waals surface area contributed by atoms with Crippen molar-refractivity contribution in [2.45, 2.75) is 32.7 Å². The summed E-state index contributed by atoms with van der Waals surface area (Å²) in [4.78, 5) is 0. The minimum Gasteiger partial charge on any atom is -0.324 e. The first-order valence-electron chi connectivity index (χ1n) is 4.54. The van der Waals surface area contributed by atoms with E-state index in [0.717, 1.165) is 12.8 Å². The molecule has 1 aliphatic rings. The van der Waals surface area contributed by atoms with Gasteiger partial charge in [0.15, 0.2) is 0 Å². The second kappa shape index (κ2) is 2.60. The minimum absolute atomic E-state index is 0.291. The van der Waals surface area contributed by atoms with Gasteiger partial charge in [-0.2, -0.15) is 0 Å². The van der Waals surface area contributed by atoms with Crippen molar-refractivity contribution in [3.05, 3.63) is 34.4 Å². The van der Waals surface area contributed by atoms with Gasteiger partial charge in [0.2, 0.25) is 0 Å². The maximum absolute atomic E-state index is 5.97. The summed E-state index contributed by atoms with van der Waals surface area (Å²) in [6, 6.07) is 4.83. The summed E-state index contributed by atoms with van der Waals surface area (Å²) in [6.07, 6.45) is 2.29. The topological polar surface area (TPSA) is 26.0 Å². The summed E-state index contributed by atoms with van der Waals surface area (Å²) >= 11 is 0. The van der Waals surface area contributed by atoms with Gasteiger partial charge < -0.3 is 5.73 Å². The molecule has 1 atom stereocenters. The molecule has 0 heterocycles. The summed E-state index contributed by atoms with van der Waals surface area (Å²) in [5.41, 5.74) is 11.6. The number of hydrogen-bond donors (Lipinski definition) is 1. The Labute approximate surface area is 73.6 Å². The van der Waals surface area contributed by atoms with Gasteiger partial charge in [-0.15, -0.1) is 0 Å². The fourth-order valence-electron chi connectivity index (χ4n) is 1.93. The van der Waals surface area contributed by atoms with Crippen LogP contribution in [0.25, 0.3) is 0 Å². The van der Waals surface area contributed by atoms with Crippen LogP contribution in [-0.2, 0) is 6.42 Å². The maximum atomic E-state index is 5.97. The molecule has 0 amide bonds. The van der Waals surface area contributed by atoms with Crippen LogP contribution in [0.3, 0.4) is 0 Å². The van der Waals surface area contributed by atoms with E-state index in [-0.39, 0.29) is 0 Å². The summed E-state index contributed by atoms with van der Waals surface area (Å²) < 4.78 is 0. The summed E-state index contributed by atoms with van der Waals surface area (Å²) in [5, 5.41) is 0. The highest BCUT2D eigenvalue weighted by molar-refractivity contribution is 5.41. The molecule has 0 bridgehead atoms. The molecule has 0 aromatic heterocycles. The zero-order chi connectivity index (χ0) is 8.72. The molecule has 0 saturated heterocycles. The van der Waals surface area contributed by atoms with Crippen LogP contribution in [0.5, 0.6) is 0 Å². The summed E-state index contributed by atoms with van der Waals surface area (Å²) in [5.74, 6) is 0. The van der Waals surface area contributed by atoms with Crippen LogP contribution in [0.4, 0.5) is 0 Å². The first-order valence-corrected chi connectivity index (χ1v) is 4.54. The van der Waals surface area contributed by atoms with Crippen molar-refractivity contribution >= 4 is 0 Å². The number of hydrogen-bond acceptors (Lipinski definition) is 1. The van der Waals surface area contributed by atoms with E-state index in [2.05, 4.69) is 26.0 Å². The van der Waals surface area contributed by atoms with Crippen molar-refractivity contribution in [2.24, 2.45) is 5.73 Å². The zero-order valence-corrected chi connectivity index (χ0v) is 7.72. The standard InChI is InChI=1S/C11H15N/c1-7-5-9-3-4-11(12)10(9)6-8(7)2/h5-6,11H,3-4,12H2,1-2H3. The molecule has 0 aliphatic heterocycles. The predicted octanol–water partition coefficient (Wildman–Crippen LogP) is 2.25. The monoisotopic (exact) mass is 161 g/mol. The summed E-state index contributed by atoms with van der Waals surface area (Å²) in [6.45, 7) is 4.32. The predicted molar refractivity (Wildman–Crippen MR) is 51.2 cm³/mol. The third kappa shape index (κ3) is 1.05. The van der Waals surface area contributed by atoms with Gasteiger partial charge in [-0.1, -0.05) is 12.1 Å². The number of fused-ring (bicyclic) bond motifs is 1. The van der Waals surface area contributed by atoms with Gasteiger partial charge in [-0.25, -0.2) is 0 Å². The molecule has 64 valence electrons. The Hall–Kier alpha value is -0.820. The molecule has 1 heteroatoms. The van der Waals surface area contributed by atoms with Gasteiger partial charge in [0, 0.05) is 6.04 Å². The fourth-order valence-corrected chi connectivity index (χ4v) is 1.93. The Bertz CT molecular complexity index is 315. The smallest absolute Gasteiger partial charge is 0.0300 e. The van der Waals surface area contributed by atoms with Crippen LogP contribution in [0.15, 0.2) is 12.1 Å². The Morgan fingerprint density at radius 2 is 1.92 bits per heavy atom. The highest BCUT2D eigenvalue weighted by Gasteiger charge is 2.18. The van der Waals surface area contributed by atoms with E-state index < -0.39 is 0 Å². The molecule has 2 N–H and O–H groups in total. The molecule has 2 rings (SSSR count). The van der Waals surface area contributed by atoms with Gasteiger partial charge in [0.25, 0.3) is 0 Å². The number of nitrogens with two attached hydrogens (primary N) is 1. The van der Waals surface area contributed by atoms with Crippen molar-refractivity contribution in [3.8, 4) is 0 Å². The normalized spacial score (nSPS) is 21.1. The molecule has 1 nitrogen and oxygen atoms in total. The largest absolute Gasteiger partial charge is 0.324 e. The third-order valence-electron chi connectivity index (χ3n) is 2.88. The average molecular weight is 161 g/mol. The van der Waals surface area contributed by atoms with Gasteiger partial charge in [0.1, 0.15) is 0 Å². The van der Waals surface area contributed by atoms with Crippen LogP contribution in [0, 0.1) is 13.8 Å². The highest BCUT2D eigenvalue weighted by atomic mass is 14.6. The van der Waals surface area contributed by atoms with E-state index in [0.29, 0.717) is 6.04 Å². The molecule has 1 aromatic rings. The van der Waals surface area contributed by atoms with Gasteiger partial charge in [0.05, 0.1) is 0 Å². The summed E-state index contributed by atoms with van der Waals surface area (Å²) in [7, 11) is 0. The lowest BCUT2D eigenvalue weighted by Gasteiger charge is -2.07. The van der Waals surface area contributed by atoms with Crippen molar-refractivity contribution in [1.29, 1.82) is 0 Å². The Morgan fingerprint density at radius 1 is 1.25 bits per heavy atom. The molecule has 1 aromatic carbocycles. The van der Waals surface area contributed by atoms with E-state index in [9.17, 15) is 0 Å². The molecule has 0 fully saturated rings. The molecule has 1 unspecified atom stereocenters. The SMILES string of the molecule is Cc1cc2c(cc1C)C(N)CC2. The van der Waals surface area contributed by atoms with Crippen molar-refractivity contribution in [3.63, 3.8) is 0 Å². The van der Waals surface area contributed by atoms with Gasteiger partial charge in [-0.05, 0) is 48.9 Å². The fraction of sp³-hybridized carbons (Fsp3) is 0.455. The highest BCUT2D eigenvalue weighted by Crippen LogP contribution is 2.30. The lowest BCUT2D eigenvalue weighted by molar-refractivity contribution is 0.713. The minimum atomic E-state index is 0.291. The maximum Gasteiger partial charge on any atom is 0.0300 e. The Balaban J connectivity index is 2.56. The van der Waals surface area contributed by atoms with Crippen LogP contribution in [-0.4, -0.2) is 0 Å². The second-order valence-electron chi connectivity index (χ2n) is 3.78. The van der Waals surface area contributed by atoms with Gasteiger partial charge in [-0.3, -0.25) is 0 Å². The number of benzene rings is 1. The zero-order valence-electron chi connectivity index (χ0n) is 7.72. The van der Waals surface area contributed by atoms with Crippen LogP contribution >= 0.6 is 0 Å². The van der Waals surface area contributed by atoms with Crippen LogP contribution < -0.4 is 5.73 Å². The lowest BCUT2D eigenvalue weighted by atomic mass is 10.0. The molecular formula is C11H15N. The Morgan fingerprint density at radius 3 is 2.67 bits per heavy atom.